The van der Waals surface area contributed by atoms with Crippen LogP contribution >= 0.6 is 0 Å². The molecule has 0 spiro atoms. The molecule has 1 aliphatic carbocycles. The van der Waals surface area contributed by atoms with Gasteiger partial charge in [-0.05, 0) is 25.7 Å². The van der Waals surface area contributed by atoms with E-state index < -0.39 is 0 Å². The second-order valence-corrected chi connectivity index (χ2v) is 4.23. The van der Waals surface area contributed by atoms with Crippen molar-refractivity contribution in [1.82, 2.24) is 20.1 Å². The lowest BCUT2D eigenvalue weighted by Gasteiger charge is -2.29. The number of H-pyrrole nitrogens is 1. The summed E-state index contributed by atoms with van der Waals surface area (Å²) in [5, 5.41) is 6.54. The van der Waals surface area contributed by atoms with E-state index in [4.69, 9.17) is 0 Å². The number of aromatic amines is 1. The number of hydrogen-bond donors (Lipinski definition) is 1. The van der Waals surface area contributed by atoms with Gasteiger partial charge in [-0.3, -0.25) is 9.89 Å². The molecule has 1 saturated carbocycles. The number of aromatic nitrogens is 3. The Balaban J connectivity index is 1.94. The summed E-state index contributed by atoms with van der Waals surface area (Å²) < 4.78 is 0. The Morgan fingerprint density at radius 1 is 1.60 bits per heavy atom. The van der Waals surface area contributed by atoms with Crippen molar-refractivity contribution in [3.63, 3.8) is 0 Å². The molecule has 1 heterocycles. The molecule has 5 nitrogen and oxygen atoms in total. The highest BCUT2D eigenvalue weighted by Crippen LogP contribution is 2.26. The minimum absolute atomic E-state index is 0.0914. The summed E-state index contributed by atoms with van der Waals surface area (Å²) in [6.07, 6.45) is 3.78. The average molecular weight is 208 g/mol. The van der Waals surface area contributed by atoms with Gasteiger partial charge in [0.15, 0.2) is 0 Å². The van der Waals surface area contributed by atoms with E-state index in [1.807, 2.05) is 7.05 Å². The zero-order valence-corrected chi connectivity index (χ0v) is 9.16. The predicted molar refractivity (Wildman–Crippen MR) is 55.4 cm³/mol. The number of carbonyl (C=O) groups excluding carboxylic acids is 1. The molecule has 15 heavy (non-hydrogen) atoms. The van der Waals surface area contributed by atoms with Crippen LogP contribution in [0.25, 0.3) is 0 Å². The molecule has 5 heteroatoms. The van der Waals surface area contributed by atoms with E-state index in [-0.39, 0.29) is 11.7 Å². The van der Waals surface area contributed by atoms with Crippen molar-refractivity contribution in [1.29, 1.82) is 0 Å². The lowest BCUT2D eigenvalue weighted by molar-refractivity contribution is 0.0733. The number of nitrogens with one attached hydrogen (secondary N) is 1. The van der Waals surface area contributed by atoms with E-state index in [2.05, 4.69) is 15.2 Å². The zero-order valence-electron chi connectivity index (χ0n) is 9.16. The van der Waals surface area contributed by atoms with Crippen LogP contribution in [-0.2, 0) is 0 Å². The first-order chi connectivity index (χ1) is 7.16. The molecular formula is C10H16N4O. The molecule has 0 atom stereocenters. The Bertz CT molecular complexity index is 356. The first-order valence-electron chi connectivity index (χ1n) is 5.31. The Labute approximate surface area is 88.9 Å². The van der Waals surface area contributed by atoms with E-state index in [0.717, 1.165) is 6.54 Å². The first kappa shape index (κ1) is 10.1. The van der Waals surface area contributed by atoms with Gasteiger partial charge in [-0.15, -0.1) is 5.10 Å². The van der Waals surface area contributed by atoms with Gasteiger partial charge in [-0.2, -0.15) is 0 Å². The van der Waals surface area contributed by atoms with Crippen molar-refractivity contribution >= 4 is 5.91 Å². The third kappa shape index (κ3) is 2.16. The van der Waals surface area contributed by atoms with Crippen LogP contribution in [-0.4, -0.2) is 39.6 Å². The largest absolute Gasteiger partial charge is 0.339 e. The van der Waals surface area contributed by atoms with Crippen LogP contribution in [0.4, 0.5) is 0 Å². The van der Waals surface area contributed by atoms with E-state index in [1.165, 1.54) is 19.3 Å². The van der Waals surface area contributed by atoms with Crippen molar-refractivity contribution in [3.05, 3.63) is 11.6 Å². The maximum absolute atomic E-state index is 11.8. The van der Waals surface area contributed by atoms with E-state index in [9.17, 15) is 4.79 Å². The number of amides is 1. The molecular weight excluding hydrogens is 192 g/mol. The third-order valence-electron chi connectivity index (χ3n) is 2.89. The summed E-state index contributed by atoms with van der Waals surface area (Å²) in [5.41, 5.74) is 0. The van der Waals surface area contributed by atoms with Crippen LogP contribution < -0.4 is 0 Å². The summed E-state index contributed by atoms with van der Waals surface area (Å²) in [7, 11) is 1.81. The normalized spacial score (nSPS) is 16.1. The van der Waals surface area contributed by atoms with E-state index >= 15 is 0 Å². The highest BCUT2D eigenvalue weighted by Gasteiger charge is 2.23. The van der Waals surface area contributed by atoms with Gasteiger partial charge >= 0.3 is 0 Å². The smallest absolute Gasteiger partial charge is 0.293 e. The van der Waals surface area contributed by atoms with Gasteiger partial charge in [0.2, 0.25) is 5.82 Å². The van der Waals surface area contributed by atoms with Crippen molar-refractivity contribution in [3.8, 4) is 0 Å². The molecule has 1 fully saturated rings. The van der Waals surface area contributed by atoms with Gasteiger partial charge < -0.3 is 4.90 Å². The fourth-order valence-electron chi connectivity index (χ4n) is 1.75. The standard InChI is InChI=1S/C10H16N4O/c1-7-11-9(13-12-7)10(15)14(2)6-8-4-3-5-8/h8H,3-6H2,1-2H3,(H,11,12,13). The van der Waals surface area contributed by atoms with Gasteiger partial charge in [0.25, 0.3) is 5.91 Å². The quantitative estimate of drug-likeness (QED) is 0.805. The SMILES string of the molecule is Cc1nc(C(=O)N(C)CC2CCC2)n[nH]1. The van der Waals surface area contributed by atoms with Crippen molar-refractivity contribution < 1.29 is 4.79 Å². The van der Waals surface area contributed by atoms with Crippen LogP contribution in [0.5, 0.6) is 0 Å². The van der Waals surface area contributed by atoms with Crippen LogP contribution in [0, 0.1) is 12.8 Å². The summed E-state index contributed by atoms with van der Waals surface area (Å²) in [5.74, 6) is 1.54. The molecule has 0 saturated heterocycles. The lowest BCUT2D eigenvalue weighted by Crippen LogP contribution is -2.34. The third-order valence-corrected chi connectivity index (χ3v) is 2.89. The monoisotopic (exact) mass is 208 g/mol. The maximum Gasteiger partial charge on any atom is 0.293 e. The topological polar surface area (TPSA) is 61.9 Å². The molecule has 0 aromatic carbocycles. The van der Waals surface area contributed by atoms with Gasteiger partial charge in [-0.25, -0.2) is 4.98 Å². The van der Waals surface area contributed by atoms with E-state index in [0.29, 0.717) is 11.7 Å². The predicted octanol–water partition coefficient (Wildman–Crippen LogP) is 0.985. The molecule has 0 aliphatic heterocycles. The molecule has 1 N–H and O–H groups in total. The van der Waals surface area contributed by atoms with Crippen molar-refractivity contribution in [2.75, 3.05) is 13.6 Å². The maximum atomic E-state index is 11.8. The Morgan fingerprint density at radius 3 is 2.80 bits per heavy atom. The molecule has 0 bridgehead atoms. The van der Waals surface area contributed by atoms with Crippen LogP contribution in [0.15, 0.2) is 0 Å². The summed E-state index contributed by atoms with van der Waals surface area (Å²) >= 11 is 0. The van der Waals surface area contributed by atoms with Crippen LogP contribution in [0.2, 0.25) is 0 Å². The fourth-order valence-corrected chi connectivity index (χ4v) is 1.75. The molecule has 2 rings (SSSR count). The van der Waals surface area contributed by atoms with E-state index in [1.54, 1.807) is 11.8 Å². The fraction of sp³-hybridized carbons (Fsp3) is 0.700. The molecule has 1 aromatic heterocycles. The molecule has 1 aliphatic rings. The summed E-state index contributed by atoms with van der Waals surface area (Å²) in [6.45, 7) is 2.61. The number of carbonyl (C=O) groups is 1. The minimum atomic E-state index is -0.0914. The summed E-state index contributed by atoms with van der Waals surface area (Å²) in [4.78, 5) is 17.6. The number of nitrogens with zero attached hydrogens (tertiary/aromatic N) is 3. The summed E-state index contributed by atoms with van der Waals surface area (Å²) in [6, 6.07) is 0. The average Bonchev–Trinajstić information content (AvgIpc) is 2.56. The molecule has 82 valence electrons. The number of aryl methyl sites for hydroxylation is 1. The second kappa shape index (κ2) is 4.00. The highest BCUT2D eigenvalue weighted by atomic mass is 16.2. The van der Waals surface area contributed by atoms with Gasteiger partial charge in [0.05, 0.1) is 0 Å². The first-order valence-corrected chi connectivity index (χ1v) is 5.31. The molecule has 0 unspecified atom stereocenters. The molecule has 1 amide bonds. The number of rotatable bonds is 3. The van der Waals surface area contributed by atoms with Crippen LogP contribution in [0.1, 0.15) is 35.7 Å². The Kier molecular flexibility index (Phi) is 2.70. The lowest BCUT2D eigenvalue weighted by atomic mass is 9.85. The second-order valence-electron chi connectivity index (χ2n) is 4.23. The van der Waals surface area contributed by atoms with Crippen molar-refractivity contribution in [2.24, 2.45) is 5.92 Å². The number of hydrogen-bond acceptors (Lipinski definition) is 3. The van der Waals surface area contributed by atoms with Gasteiger partial charge in [0.1, 0.15) is 5.82 Å². The molecule has 1 aromatic rings. The van der Waals surface area contributed by atoms with Crippen LogP contribution in [0.3, 0.4) is 0 Å². The molecule has 0 radical (unpaired) electrons. The highest BCUT2D eigenvalue weighted by molar-refractivity contribution is 5.90. The van der Waals surface area contributed by atoms with Crippen molar-refractivity contribution in [2.45, 2.75) is 26.2 Å². The Hall–Kier alpha value is -1.39. The van der Waals surface area contributed by atoms with Gasteiger partial charge in [-0.1, -0.05) is 6.42 Å². The Morgan fingerprint density at radius 2 is 2.33 bits per heavy atom. The minimum Gasteiger partial charge on any atom is -0.339 e. The van der Waals surface area contributed by atoms with Gasteiger partial charge in [0, 0.05) is 13.6 Å². The zero-order chi connectivity index (χ0) is 10.8.